The van der Waals surface area contributed by atoms with Crippen molar-refractivity contribution in [2.45, 2.75) is 19.3 Å². The van der Waals surface area contributed by atoms with Crippen molar-refractivity contribution in [3.63, 3.8) is 0 Å². The first-order valence-electron chi connectivity index (χ1n) is 11.9. The molecule has 0 aliphatic rings. The third-order valence-electron chi connectivity index (χ3n) is 5.45. The van der Waals surface area contributed by atoms with Crippen molar-refractivity contribution in [2.24, 2.45) is 0 Å². The second-order valence-electron chi connectivity index (χ2n) is 8.16. The van der Waals surface area contributed by atoms with Gasteiger partial charge in [0.2, 0.25) is 0 Å². The van der Waals surface area contributed by atoms with E-state index in [0.29, 0.717) is 36.5 Å². The standard InChI is InChI=1S/C30H33O7P/c1-7-10-22-13-16-25(28(19-22)32-4)35-38(31,36-26-17-14-23(11-8-2)20-29(26)33-5)37-27-18-15-24(12-9-3)21-30(27)34-6/h7-9,13-21H,1-3,10-12H2,4-6H3. The third kappa shape index (κ3) is 7.24. The van der Waals surface area contributed by atoms with E-state index in [1.165, 1.54) is 21.3 Å². The molecule has 0 fully saturated rings. The molecule has 0 heterocycles. The molecule has 0 saturated heterocycles. The van der Waals surface area contributed by atoms with E-state index in [1.54, 1.807) is 54.6 Å². The Morgan fingerprint density at radius 3 is 1.08 bits per heavy atom. The Morgan fingerprint density at radius 2 is 0.842 bits per heavy atom. The van der Waals surface area contributed by atoms with Crippen LogP contribution in [0.3, 0.4) is 0 Å². The fraction of sp³-hybridized carbons (Fsp3) is 0.200. The molecule has 38 heavy (non-hydrogen) atoms. The predicted octanol–water partition coefficient (Wildman–Crippen LogP) is 7.54. The molecule has 0 N–H and O–H groups in total. The number of ether oxygens (including phenoxy) is 3. The maximum Gasteiger partial charge on any atom is 0.647 e. The highest BCUT2D eigenvalue weighted by atomic mass is 31.2. The average molecular weight is 537 g/mol. The highest BCUT2D eigenvalue weighted by molar-refractivity contribution is 7.49. The van der Waals surface area contributed by atoms with Crippen LogP contribution in [0.15, 0.2) is 92.6 Å². The Morgan fingerprint density at radius 1 is 0.553 bits per heavy atom. The number of hydrogen-bond donors (Lipinski definition) is 0. The highest BCUT2D eigenvalue weighted by Crippen LogP contribution is 2.54. The van der Waals surface area contributed by atoms with Gasteiger partial charge >= 0.3 is 7.82 Å². The molecule has 0 radical (unpaired) electrons. The van der Waals surface area contributed by atoms with Gasteiger partial charge in [0.05, 0.1) is 21.3 Å². The van der Waals surface area contributed by atoms with Gasteiger partial charge in [-0.15, -0.1) is 19.7 Å². The van der Waals surface area contributed by atoms with Crippen molar-refractivity contribution >= 4 is 7.82 Å². The molecule has 3 rings (SSSR count). The lowest BCUT2D eigenvalue weighted by Crippen LogP contribution is -2.10. The molecule has 0 aliphatic heterocycles. The quantitative estimate of drug-likeness (QED) is 0.147. The number of benzene rings is 3. The molecule has 0 amide bonds. The minimum absolute atomic E-state index is 0.174. The van der Waals surface area contributed by atoms with E-state index < -0.39 is 7.82 Å². The summed E-state index contributed by atoms with van der Waals surface area (Å²) >= 11 is 0. The van der Waals surface area contributed by atoms with Gasteiger partial charge in [-0.25, -0.2) is 0 Å². The summed E-state index contributed by atoms with van der Waals surface area (Å²) in [5.41, 5.74) is 2.83. The molecule has 0 aromatic heterocycles. The summed E-state index contributed by atoms with van der Waals surface area (Å²) in [5, 5.41) is 0. The van der Waals surface area contributed by atoms with E-state index in [0.717, 1.165) is 16.7 Å². The average Bonchev–Trinajstić information content (AvgIpc) is 2.91. The minimum atomic E-state index is -4.40. The Hall–Kier alpha value is -4.09. The fourth-order valence-corrected chi connectivity index (χ4v) is 4.95. The van der Waals surface area contributed by atoms with E-state index in [2.05, 4.69) is 19.7 Å². The van der Waals surface area contributed by atoms with E-state index in [4.69, 9.17) is 27.8 Å². The Kier molecular flexibility index (Phi) is 10.1. The van der Waals surface area contributed by atoms with Crippen LogP contribution >= 0.6 is 7.82 Å². The van der Waals surface area contributed by atoms with Crippen LogP contribution in [0, 0.1) is 0 Å². The summed E-state index contributed by atoms with van der Waals surface area (Å²) in [7, 11) is 0.0884. The third-order valence-corrected chi connectivity index (χ3v) is 6.72. The molecule has 200 valence electrons. The van der Waals surface area contributed by atoms with Gasteiger partial charge in [-0.3, -0.25) is 0 Å². The molecule has 3 aromatic rings. The first kappa shape index (κ1) is 28.5. The van der Waals surface area contributed by atoms with E-state index in [9.17, 15) is 4.57 Å². The van der Waals surface area contributed by atoms with Crippen LogP contribution in [0.25, 0.3) is 0 Å². The van der Waals surface area contributed by atoms with Crippen LogP contribution in [0.5, 0.6) is 34.5 Å². The Balaban J connectivity index is 2.06. The normalized spacial score (nSPS) is 10.7. The SMILES string of the molecule is C=CCc1ccc(OP(=O)(Oc2ccc(CC=C)cc2OC)Oc2ccc(CC=C)cc2OC)c(OC)c1. The van der Waals surface area contributed by atoms with E-state index in [1.807, 2.05) is 18.2 Å². The first-order chi connectivity index (χ1) is 18.4. The summed E-state index contributed by atoms with van der Waals surface area (Å²) < 4.78 is 48.6. The Labute approximate surface area is 224 Å². The van der Waals surface area contributed by atoms with Gasteiger partial charge in [-0.2, -0.15) is 4.57 Å². The van der Waals surface area contributed by atoms with Crippen LogP contribution in [0.4, 0.5) is 0 Å². The molecule has 0 bridgehead atoms. The smallest absolute Gasteiger partial charge is 0.493 e. The van der Waals surface area contributed by atoms with Crippen molar-refractivity contribution in [2.75, 3.05) is 21.3 Å². The Bertz CT molecular complexity index is 1170. The summed E-state index contributed by atoms with van der Waals surface area (Å²) in [4.78, 5) is 0. The fourth-order valence-electron chi connectivity index (χ4n) is 3.66. The lowest BCUT2D eigenvalue weighted by molar-refractivity contribution is 0.278. The van der Waals surface area contributed by atoms with Crippen LogP contribution in [0.2, 0.25) is 0 Å². The number of phosphoric ester groups is 1. The van der Waals surface area contributed by atoms with Gasteiger partial charge in [-0.1, -0.05) is 36.4 Å². The van der Waals surface area contributed by atoms with Gasteiger partial charge < -0.3 is 27.8 Å². The zero-order chi connectivity index (χ0) is 27.5. The lowest BCUT2D eigenvalue weighted by atomic mass is 10.1. The monoisotopic (exact) mass is 536 g/mol. The molecular weight excluding hydrogens is 503 g/mol. The molecule has 3 aromatic carbocycles. The summed E-state index contributed by atoms with van der Waals surface area (Å²) in [6.07, 6.45) is 7.21. The van der Waals surface area contributed by atoms with Gasteiger partial charge in [-0.05, 0) is 72.4 Å². The summed E-state index contributed by atoms with van der Waals surface area (Å²) in [6, 6.07) is 15.7. The van der Waals surface area contributed by atoms with Gasteiger partial charge in [0.15, 0.2) is 34.5 Å². The maximum atomic E-state index is 14.3. The molecule has 0 aliphatic carbocycles. The largest absolute Gasteiger partial charge is 0.647 e. The summed E-state index contributed by atoms with van der Waals surface area (Å²) in [5.74, 6) is 1.60. The number of phosphoric acid groups is 1. The number of allylic oxidation sites excluding steroid dienone is 3. The van der Waals surface area contributed by atoms with Gasteiger partial charge in [0.25, 0.3) is 0 Å². The molecule has 7 nitrogen and oxygen atoms in total. The zero-order valence-electron chi connectivity index (χ0n) is 22.0. The molecule has 0 atom stereocenters. The first-order valence-corrected chi connectivity index (χ1v) is 13.4. The van der Waals surface area contributed by atoms with Crippen molar-refractivity contribution in [3.05, 3.63) is 109 Å². The molecule has 8 heteroatoms. The molecule has 0 saturated carbocycles. The van der Waals surface area contributed by atoms with Gasteiger partial charge in [0, 0.05) is 0 Å². The maximum absolute atomic E-state index is 14.3. The van der Waals surface area contributed by atoms with Crippen molar-refractivity contribution in [1.82, 2.24) is 0 Å². The number of rotatable bonds is 15. The summed E-state index contributed by atoms with van der Waals surface area (Å²) in [6.45, 7) is 11.3. The van der Waals surface area contributed by atoms with E-state index in [-0.39, 0.29) is 17.2 Å². The van der Waals surface area contributed by atoms with Gasteiger partial charge in [0.1, 0.15) is 0 Å². The number of methoxy groups -OCH3 is 3. The molecule has 0 unspecified atom stereocenters. The van der Waals surface area contributed by atoms with Crippen molar-refractivity contribution in [3.8, 4) is 34.5 Å². The number of hydrogen-bond acceptors (Lipinski definition) is 7. The van der Waals surface area contributed by atoms with Crippen LogP contribution < -0.4 is 27.8 Å². The minimum Gasteiger partial charge on any atom is -0.493 e. The van der Waals surface area contributed by atoms with E-state index >= 15 is 0 Å². The predicted molar refractivity (Wildman–Crippen MR) is 150 cm³/mol. The van der Waals surface area contributed by atoms with Crippen molar-refractivity contribution in [1.29, 1.82) is 0 Å². The topological polar surface area (TPSA) is 72.5 Å². The van der Waals surface area contributed by atoms with Crippen molar-refractivity contribution < 1.29 is 32.3 Å². The highest BCUT2D eigenvalue weighted by Gasteiger charge is 2.36. The second-order valence-corrected chi connectivity index (χ2v) is 9.60. The van der Waals surface area contributed by atoms with Crippen LogP contribution in [0.1, 0.15) is 16.7 Å². The molecule has 0 spiro atoms. The lowest BCUT2D eigenvalue weighted by Gasteiger charge is -2.22. The molecular formula is C30H33O7P. The zero-order valence-corrected chi connectivity index (χ0v) is 22.9. The van der Waals surface area contributed by atoms with Crippen LogP contribution in [-0.4, -0.2) is 21.3 Å². The van der Waals surface area contributed by atoms with Crippen LogP contribution in [-0.2, 0) is 23.8 Å². The second kappa shape index (κ2) is 13.5.